The van der Waals surface area contributed by atoms with Crippen LogP contribution in [0.5, 0.6) is 0 Å². The van der Waals surface area contributed by atoms with Gasteiger partial charge in [-0.2, -0.15) is 0 Å². The molecule has 0 amide bonds. The monoisotopic (exact) mass is 294 g/mol. The minimum absolute atomic E-state index is 0. The first-order valence-electron chi connectivity index (χ1n) is 5.08. The van der Waals surface area contributed by atoms with Crippen molar-refractivity contribution < 1.29 is 74.2 Å². The molecule has 98 valence electrons. The fourth-order valence-corrected chi connectivity index (χ4v) is 1.74. The van der Waals surface area contributed by atoms with Gasteiger partial charge >= 0.3 is 51.4 Å². The molecule has 17 heavy (non-hydrogen) atoms. The summed E-state index contributed by atoms with van der Waals surface area (Å²) in [5.41, 5.74) is 5.23. The topological polar surface area (TPSA) is 116 Å². The fourth-order valence-electron chi connectivity index (χ4n) is 1.07. The van der Waals surface area contributed by atoms with Crippen molar-refractivity contribution in [2.75, 3.05) is 32.8 Å². The molecule has 0 spiro atoms. The van der Waals surface area contributed by atoms with E-state index in [1.807, 2.05) is 0 Å². The molecule has 0 saturated heterocycles. The second-order valence-electron chi connectivity index (χ2n) is 3.28. The van der Waals surface area contributed by atoms with Gasteiger partial charge in [0.1, 0.15) is 0 Å². The summed E-state index contributed by atoms with van der Waals surface area (Å²) in [5, 5.41) is 9.41. The van der Waals surface area contributed by atoms with Crippen molar-refractivity contribution in [3.8, 4) is 0 Å². The molecule has 0 rings (SSSR count). The molecule has 0 saturated carbocycles. The molecule has 3 N–H and O–H groups in total. The Morgan fingerprint density at radius 2 is 2.12 bits per heavy atom. The first-order valence-corrected chi connectivity index (χ1v) is 6.45. The zero-order chi connectivity index (χ0) is 12.6. The van der Waals surface area contributed by atoms with Crippen LogP contribution in [0.3, 0.4) is 0 Å². The van der Waals surface area contributed by atoms with Gasteiger partial charge in [-0.05, 0) is 13.0 Å². The number of likely N-dealkylation sites (N-methyl/N-ethyl adjacent to an activating group) is 1. The minimum atomic E-state index is -4.50. The van der Waals surface area contributed by atoms with Gasteiger partial charge in [-0.3, -0.25) is 0 Å². The Bertz CT molecular complexity index is 275. The third-order valence-electron chi connectivity index (χ3n) is 1.89. The molecule has 9 heteroatoms. The van der Waals surface area contributed by atoms with Gasteiger partial charge in [-0.25, -0.2) is 12.7 Å². The molecule has 0 radical (unpaired) electrons. The van der Waals surface area contributed by atoms with Crippen LogP contribution in [0.1, 0.15) is 13.3 Å². The van der Waals surface area contributed by atoms with Crippen LogP contribution in [-0.2, 0) is 15.0 Å². The number of ether oxygens (including phenoxy) is 1. The Balaban J connectivity index is 0. The summed E-state index contributed by atoms with van der Waals surface area (Å²) in [6.07, 6.45) is -0.328. The van der Waals surface area contributed by atoms with E-state index in [4.69, 9.17) is 10.5 Å². The molecule has 0 aliphatic rings. The number of nitrogens with two attached hydrogens (primary N) is 1. The Kier molecular flexibility index (Phi) is 13.7. The van der Waals surface area contributed by atoms with Crippen molar-refractivity contribution >= 4 is 10.3 Å². The molecular weight excluding hydrogens is 275 g/mol. The number of hydrogen-bond acceptors (Lipinski definition) is 6. The van der Waals surface area contributed by atoms with Crippen molar-refractivity contribution in [1.82, 2.24) is 4.31 Å². The number of aliphatic hydroxyl groups excluding tert-OH is 1. The second-order valence-corrected chi connectivity index (χ2v) is 4.65. The molecule has 1 unspecified atom stereocenters. The van der Waals surface area contributed by atoms with Crippen LogP contribution in [0.25, 0.3) is 0 Å². The summed E-state index contributed by atoms with van der Waals surface area (Å²) < 4.78 is 37.7. The molecular formula is C8H19KN2O5S. The van der Waals surface area contributed by atoms with Crippen LogP contribution in [0.2, 0.25) is 0 Å². The predicted molar refractivity (Wildman–Crippen MR) is 57.4 cm³/mol. The Labute approximate surface area is 145 Å². The first kappa shape index (κ1) is 20.7. The minimum Gasteiger partial charge on any atom is -0.735 e. The van der Waals surface area contributed by atoms with Crippen LogP contribution in [0.15, 0.2) is 0 Å². The molecule has 0 aromatic rings. The third kappa shape index (κ3) is 11.0. The van der Waals surface area contributed by atoms with Crippen LogP contribution in [0.4, 0.5) is 0 Å². The van der Waals surface area contributed by atoms with Crippen LogP contribution in [0, 0.1) is 0 Å². The zero-order valence-electron chi connectivity index (χ0n) is 10.3. The van der Waals surface area contributed by atoms with Gasteiger partial charge in [-0.15, -0.1) is 0 Å². The maximum atomic E-state index is 10.7. The van der Waals surface area contributed by atoms with E-state index in [0.717, 1.165) is 0 Å². The van der Waals surface area contributed by atoms with Crippen molar-refractivity contribution in [1.29, 1.82) is 0 Å². The molecule has 0 heterocycles. The largest absolute Gasteiger partial charge is 1.00 e. The number of rotatable bonds is 9. The van der Waals surface area contributed by atoms with Gasteiger partial charge in [0, 0.05) is 19.7 Å². The summed E-state index contributed by atoms with van der Waals surface area (Å²) >= 11 is 0. The molecule has 0 aromatic heterocycles. The van der Waals surface area contributed by atoms with Crippen LogP contribution in [-0.4, -0.2) is 61.3 Å². The SMILES string of the molecule is CCN(CC(O)COCCCN)S(=O)(=O)[O-].[K+]. The van der Waals surface area contributed by atoms with Gasteiger partial charge in [0.2, 0.25) is 0 Å². The number of hydrogen-bond donors (Lipinski definition) is 2. The molecule has 7 nitrogen and oxygen atoms in total. The van der Waals surface area contributed by atoms with Crippen molar-refractivity contribution in [3.05, 3.63) is 0 Å². The predicted octanol–water partition coefficient (Wildman–Crippen LogP) is -4.50. The van der Waals surface area contributed by atoms with Crippen molar-refractivity contribution in [3.63, 3.8) is 0 Å². The van der Waals surface area contributed by atoms with E-state index in [1.54, 1.807) is 0 Å². The van der Waals surface area contributed by atoms with Gasteiger partial charge in [-0.1, -0.05) is 6.92 Å². The quantitative estimate of drug-likeness (QED) is 0.251. The maximum Gasteiger partial charge on any atom is 1.00 e. The normalized spacial score (nSPS) is 13.5. The van der Waals surface area contributed by atoms with E-state index in [9.17, 15) is 18.1 Å². The summed E-state index contributed by atoms with van der Waals surface area (Å²) in [5.74, 6) is 0. The average molecular weight is 294 g/mol. The standard InChI is InChI=1S/C8H20N2O5S.K/c1-2-10(16(12,13)14)6-8(11)7-15-5-3-4-9;/h8,11H,2-7,9H2,1H3,(H,12,13,14);/q;+1/p-1. The summed E-state index contributed by atoms with van der Waals surface area (Å²) in [6, 6.07) is 0. The van der Waals surface area contributed by atoms with Gasteiger partial charge in [0.25, 0.3) is 0 Å². The summed E-state index contributed by atoms with van der Waals surface area (Å²) in [4.78, 5) is 0. The van der Waals surface area contributed by atoms with Crippen molar-refractivity contribution in [2.45, 2.75) is 19.4 Å². The molecule has 0 bridgehead atoms. The van der Waals surface area contributed by atoms with E-state index in [1.165, 1.54) is 6.92 Å². The van der Waals surface area contributed by atoms with Gasteiger partial charge in [0.15, 0.2) is 10.3 Å². The summed E-state index contributed by atoms with van der Waals surface area (Å²) in [6.45, 7) is 2.20. The van der Waals surface area contributed by atoms with E-state index in [2.05, 4.69) is 0 Å². The molecule has 0 aliphatic heterocycles. The van der Waals surface area contributed by atoms with Crippen LogP contribution < -0.4 is 57.1 Å². The summed E-state index contributed by atoms with van der Waals surface area (Å²) in [7, 11) is -4.50. The van der Waals surface area contributed by atoms with E-state index >= 15 is 0 Å². The molecule has 0 fully saturated rings. The molecule has 0 aliphatic carbocycles. The van der Waals surface area contributed by atoms with E-state index in [0.29, 0.717) is 23.9 Å². The second kappa shape index (κ2) is 11.2. The molecule has 0 aromatic carbocycles. The van der Waals surface area contributed by atoms with Crippen LogP contribution >= 0.6 is 0 Å². The smallest absolute Gasteiger partial charge is 0.735 e. The van der Waals surface area contributed by atoms with Gasteiger partial charge < -0.3 is 20.1 Å². The van der Waals surface area contributed by atoms with E-state index in [-0.39, 0.29) is 71.1 Å². The zero-order valence-corrected chi connectivity index (χ0v) is 14.3. The Morgan fingerprint density at radius 1 is 1.53 bits per heavy atom. The van der Waals surface area contributed by atoms with E-state index < -0.39 is 16.4 Å². The number of aliphatic hydroxyl groups is 1. The van der Waals surface area contributed by atoms with Crippen molar-refractivity contribution in [2.24, 2.45) is 5.73 Å². The average Bonchev–Trinajstić information content (AvgIpc) is 2.19. The Morgan fingerprint density at radius 3 is 2.53 bits per heavy atom. The fraction of sp³-hybridized carbons (Fsp3) is 1.00. The third-order valence-corrected chi connectivity index (χ3v) is 2.93. The first-order chi connectivity index (χ1) is 7.41. The number of nitrogens with zero attached hydrogens (tertiary/aromatic N) is 1. The Hall–Kier alpha value is 1.39. The maximum absolute atomic E-state index is 10.7. The van der Waals surface area contributed by atoms with Gasteiger partial charge in [0.05, 0.1) is 12.7 Å². The molecule has 1 atom stereocenters.